The number of nitrogens with one attached hydrogen (secondary N) is 1. The number of carbonyl (C=O) groups is 1. The number of carboxylic acid groups (broad SMARTS) is 1. The van der Waals surface area contributed by atoms with E-state index in [4.69, 9.17) is 5.11 Å². The van der Waals surface area contributed by atoms with Gasteiger partial charge in [-0.05, 0) is 50.6 Å². The second-order valence-electron chi connectivity index (χ2n) is 5.68. The van der Waals surface area contributed by atoms with Crippen molar-refractivity contribution in [2.45, 2.75) is 39.2 Å². The Bertz CT molecular complexity index is 423. The number of hydrogen-bond acceptors (Lipinski definition) is 2. The Morgan fingerprint density at radius 2 is 2.05 bits per heavy atom. The highest BCUT2D eigenvalue weighted by Gasteiger charge is 2.25. The molecule has 0 unspecified atom stereocenters. The predicted octanol–water partition coefficient (Wildman–Crippen LogP) is 2.98. The van der Waals surface area contributed by atoms with Crippen molar-refractivity contribution in [1.82, 2.24) is 5.32 Å². The van der Waals surface area contributed by atoms with Gasteiger partial charge in [0.1, 0.15) is 0 Å². The molecule has 2 rings (SSSR count). The topological polar surface area (TPSA) is 49.3 Å². The molecule has 1 aromatic rings. The Morgan fingerprint density at radius 3 is 2.68 bits per heavy atom. The lowest BCUT2D eigenvalue weighted by molar-refractivity contribution is -0.143. The minimum absolute atomic E-state index is 0.104. The Morgan fingerprint density at radius 1 is 1.32 bits per heavy atom. The summed E-state index contributed by atoms with van der Waals surface area (Å²) >= 11 is 0. The van der Waals surface area contributed by atoms with Gasteiger partial charge < -0.3 is 10.4 Å². The minimum Gasteiger partial charge on any atom is -0.481 e. The first kappa shape index (κ1) is 14.1. The van der Waals surface area contributed by atoms with Crippen molar-refractivity contribution in [2.24, 2.45) is 11.8 Å². The number of benzene rings is 1. The van der Waals surface area contributed by atoms with Crippen LogP contribution in [0.3, 0.4) is 0 Å². The highest BCUT2D eigenvalue weighted by Crippen LogP contribution is 2.28. The SMILES string of the molecule is Cc1cccc(CNCC2CCC(C(=O)O)CC2)c1. The molecule has 0 heterocycles. The Hall–Kier alpha value is -1.35. The van der Waals surface area contributed by atoms with E-state index in [1.54, 1.807) is 0 Å². The Labute approximate surface area is 115 Å². The molecule has 0 atom stereocenters. The molecule has 0 amide bonds. The number of carboxylic acids is 1. The molecule has 1 aromatic carbocycles. The molecular weight excluding hydrogens is 238 g/mol. The largest absolute Gasteiger partial charge is 0.481 e. The van der Waals surface area contributed by atoms with E-state index in [1.165, 1.54) is 11.1 Å². The third kappa shape index (κ3) is 4.35. The molecule has 1 saturated carbocycles. The summed E-state index contributed by atoms with van der Waals surface area (Å²) in [6.45, 7) is 4.01. The molecule has 0 aliphatic heterocycles. The molecule has 0 spiro atoms. The molecule has 1 aliphatic carbocycles. The maximum atomic E-state index is 10.9. The molecule has 1 aliphatic rings. The summed E-state index contributed by atoms with van der Waals surface area (Å²) in [4.78, 5) is 10.9. The number of aliphatic carboxylic acids is 1. The zero-order valence-electron chi connectivity index (χ0n) is 11.6. The number of hydrogen-bond donors (Lipinski definition) is 2. The molecular formula is C16H23NO2. The van der Waals surface area contributed by atoms with Crippen LogP contribution < -0.4 is 5.32 Å². The first-order chi connectivity index (χ1) is 9.15. The molecule has 2 N–H and O–H groups in total. The molecule has 0 aromatic heterocycles. The van der Waals surface area contributed by atoms with Crippen molar-refractivity contribution in [3.8, 4) is 0 Å². The second-order valence-corrected chi connectivity index (χ2v) is 5.68. The minimum atomic E-state index is -0.619. The van der Waals surface area contributed by atoms with Gasteiger partial charge in [-0.15, -0.1) is 0 Å². The van der Waals surface area contributed by atoms with Gasteiger partial charge in [-0.2, -0.15) is 0 Å². The summed E-state index contributed by atoms with van der Waals surface area (Å²) in [5.74, 6) is -0.0837. The van der Waals surface area contributed by atoms with Gasteiger partial charge in [-0.3, -0.25) is 4.79 Å². The van der Waals surface area contributed by atoms with Gasteiger partial charge in [-0.25, -0.2) is 0 Å². The molecule has 0 radical (unpaired) electrons. The van der Waals surface area contributed by atoms with Gasteiger partial charge in [0.25, 0.3) is 0 Å². The van der Waals surface area contributed by atoms with E-state index in [9.17, 15) is 4.79 Å². The smallest absolute Gasteiger partial charge is 0.306 e. The van der Waals surface area contributed by atoms with Crippen LogP contribution in [0.5, 0.6) is 0 Å². The van der Waals surface area contributed by atoms with Gasteiger partial charge in [0.15, 0.2) is 0 Å². The molecule has 3 heteroatoms. The van der Waals surface area contributed by atoms with E-state index < -0.39 is 5.97 Å². The lowest BCUT2D eigenvalue weighted by atomic mass is 9.82. The monoisotopic (exact) mass is 261 g/mol. The number of aryl methyl sites for hydroxylation is 1. The van der Waals surface area contributed by atoms with Gasteiger partial charge in [-0.1, -0.05) is 29.8 Å². The normalized spacial score (nSPS) is 23.2. The summed E-state index contributed by atoms with van der Waals surface area (Å²) in [6, 6.07) is 8.54. The van der Waals surface area contributed by atoms with Gasteiger partial charge in [0, 0.05) is 6.54 Å². The first-order valence-corrected chi connectivity index (χ1v) is 7.14. The van der Waals surface area contributed by atoms with Gasteiger partial charge >= 0.3 is 5.97 Å². The van der Waals surface area contributed by atoms with Crippen molar-refractivity contribution >= 4 is 5.97 Å². The average molecular weight is 261 g/mol. The van der Waals surface area contributed by atoms with Crippen LogP contribution in [0.2, 0.25) is 0 Å². The average Bonchev–Trinajstić information content (AvgIpc) is 2.39. The van der Waals surface area contributed by atoms with E-state index in [2.05, 4.69) is 36.5 Å². The summed E-state index contributed by atoms with van der Waals surface area (Å²) in [5.41, 5.74) is 2.61. The van der Waals surface area contributed by atoms with Crippen LogP contribution in [-0.4, -0.2) is 17.6 Å². The Balaban J connectivity index is 1.68. The van der Waals surface area contributed by atoms with E-state index >= 15 is 0 Å². The van der Waals surface area contributed by atoms with Gasteiger partial charge in [0.05, 0.1) is 5.92 Å². The summed E-state index contributed by atoms with van der Waals surface area (Å²) in [6.07, 6.45) is 3.76. The van der Waals surface area contributed by atoms with Crippen LogP contribution in [0.25, 0.3) is 0 Å². The van der Waals surface area contributed by atoms with Crippen molar-refractivity contribution < 1.29 is 9.90 Å². The van der Waals surface area contributed by atoms with E-state index in [-0.39, 0.29) is 5.92 Å². The fourth-order valence-electron chi connectivity index (χ4n) is 2.86. The summed E-state index contributed by atoms with van der Waals surface area (Å²) < 4.78 is 0. The van der Waals surface area contributed by atoms with Crippen molar-refractivity contribution in [2.75, 3.05) is 6.54 Å². The van der Waals surface area contributed by atoms with Gasteiger partial charge in [0.2, 0.25) is 0 Å². The third-order valence-corrected chi connectivity index (χ3v) is 4.04. The van der Waals surface area contributed by atoms with Crippen LogP contribution in [-0.2, 0) is 11.3 Å². The van der Waals surface area contributed by atoms with Crippen LogP contribution in [0.4, 0.5) is 0 Å². The van der Waals surface area contributed by atoms with Crippen LogP contribution in [0.15, 0.2) is 24.3 Å². The highest BCUT2D eigenvalue weighted by atomic mass is 16.4. The maximum Gasteiger partial charge on any atom is 0.306 e. The second kappa shape index (κ2) is 6.71. The standard InChI is InChI=1S/C16H23NO2/c1-12-3-2-4-14(9-12)11-17-10-13-5-7-15(8-6-13)16(18)19/h2-4,9,13,15,17H,5-8,10-11H2,1H3,(H,18,19). The predicted molar refractivity (Wildman–Crippen MR) is 76.0 cm³/mol. The van der Waals surface area contributed by atoms with Crippen molar-refractivity contribution in [3.05, 3.63) is 35.4 Å². The van der Waals surface area contributed by atoms with Crippen LogP contribution in [0, 0.1) is 18.8 Å². The van der Waals surface area contributed by atoms with E-state index in [0.717, 1.165) is 38.8 Å². The first-order valence-electron chi connectivity index (χ1n) is 7.14. The van der Waals surface area contributed by atoms with Crippen LogP contribution in [0.1, 0.15) is 36.8 Å². The molecule has 104 valence electrons. The highest BCUT2D eigenvalue weighted by molar-refractivity contribution is 5.69. The van der Waals surface area contributed by atoms with E-state index in [0.29, 0.717) is 5.92 Å². The fraction of sp³-hybridized carbons (Fsp3) is 0.562. The zero-order chi connectivity index (χ0) is 13.7. The van der Waals surface area contributed by atoms with Crippen molar-refractivity contribution in [1.29, 1.82) is 0 Å². The van der Waals surface area contributed by atoms with Crippen molar-refractivity contribution in [3.63, 3.8) is 0 Å². The lowest BCUT2D eigenvalue weighted by Gasteiger charge is -2.26. The van der Waals surface area contributed by atoms with E-state index in [1.807, 2.05) is 0 Å². The zero-order valence-corrected chi connectivity index (χ0v) is 11.6. The molecule has 1 fully saturated rings. The summed E-state index contributed by atoms with van der Waals surface area (Å²) in [7, 11) is 0. The molecule has 0 bridgehead atoms. The molecule has 3 nitrogen and oxygen atoms in total. The molecule has 19 heavy (non-hydrogen) atoms. The summed E-state index contributed by atoms with van der Waals surface area (Å²) in [5, 5.41) is 12.5. The lowest BCUT2D eigenvalue weighted by Crippen LogP contribution is -2.28. The molecule has 0 saturated heterocycles. The Kier molecular flexibility index (Phi) is 4.97. The number of rotatable bonds is 5. The van der Waals surface area contributed by atoms with Crippen LogP contribution >= 0.6 is 0 Å². The fourth-order valence-corrected chi connectivity index (χ4v) is 2.86. The maximum absolute atomic E-state index is 10.9. The quantitative estimate of drug-likeness (QED) is 0.856. The third-order valence-electron chi connectivity index (χ3n) is 4.04.